The van der Waals surface area contributed by atoms with Gasteiger partial charge in [0.25, 0.3) is 0 Å². The Bertz CT molecular complexity index is 773. The average Bonchev–Trinajstić information content (AvgIpc) is 3.43. The molecule has 5 aliphatic rings. The van der Waals surface area contributed by atoms with Crippen LogP contribution in [0, 0.1) is 17.8 Å². The number of likely N-dealkylation sites (tertiary alicyclic amines) is 1. The number of amidine groups is 1. The lowest BCUT2D eigenvalue weighted by molar-refractivity contribution is -0.194. The summed E-state index contributed by atoms with van der Waals surface area (Å²) in [7, 11) is 0. The number of aliphatic hydroxyl groups excluding tert-OH is 2. The van der Waals surface area contributed by atoms with Crippen molar-refractivity contribution in [3.05, 3.63) is 11.3 Å². The molecule has 1 unspecified atom stereocenters. The quantitative estimate of drug-likeness (QED) is 0.579. The third kappa shape index (κ3) is 3.36. The number of aliphatic imine (C=N–C) groups is 1. The normalized spacial score (nSPS) is 39.0. The highest BCUT2D eigenvalue weighted by Gasteiger charge is 2.61. The van der Waals surface area contributed by atoms with Crippen LogP contribution < -0.4 is 0 Å². The van der Waals surface area contributed by atoms with Gasteiger partial charge in [0.2, 0.25) is 0 Å². The lowest BCUT2D eigenvalue weighted by Crippen LogP contribution is -2.66. The number of nitrogens with zero attached hydrogens (tertiary/aromatic N) is 3. The van der Waals surface area contributed by atoms with Crippen molar-refractivity contribution in [3.8, 4) is 0 Å². The second-order valence-corrected chi connectivity index (χ2v) is 11.6. The first kappa shape index (κ1) is 21.0. The van der Waals surface area contributed by atoms with Crippen LogP contribution >= 0.6 is 23.5 Å². The van der Waals surface area contributed by atoms with Crippen molar-refractivity contribution in [1.29, 1.82) is 0 Å². The van der Waals surface area contributed by atoms with Crippen LogP contribution in [0.1, 0.15) is 32.6 Å². The minimum atomic E-state index is -0.930. The summed E-state index contributed by atoms with van der Waals surface area (Å²) in [5.74, 6) is 1.25. The number of thioether (sulfide) groups is 2. The highest BCUT2D eigenvalue weighted by molar-refractivity contribution is 8.14. The minimum absolute atomic E-state index is 0.0618. The Morgan fingerprint density at radius 2 is 2.20 bits per heavy atom. The molecule has 7 nitrogen and oxygen atoms in total. The fraction of sp³-hybridized carbons (Fsp3) is 0.810. The van der Waals surface area contributed by atoms with Crippen LogP contribution in [0.4, 0.5) is 0 Å². The van der Waals surface area contributed by atoms with Crippen molar-refractivity contribution >= 4 is 34.7 Å². The summed E-state index contributed by atoms with van der Waals surface area (Å²) < 4.78 is 0. The molecule has 0 aromatic rings. The summed E-state index contributed by atoms with van der Waals surface area (Å²) in [4.78, 5) is 20.9. The zero-order valence-electron chi connectivity index (χ0n) is 17.3. The third-order valence-corrected chi connectivity index (χ3v) is 9.96. The van der Waals surface area contributed by atoms with Crippen molar-refractivity contribution in [2.24, 2.45) is 22.7 Å². The number of aliphatic hydroxyl groups is 2. The molecule has 0 spiro atoms. The molecule has 0 amide bonds. The van der Waals surface area contributed by atoms with Crippen molar-refractivity contribution in [3.63, 3.8) is 0 Å². The van der Waals surface area contributed by atoms with E-state index >= 15 is 0 Å². The number of carbonyl (C=O) groups is 1. The topological polar surface area (TPSA) is 96.6 Å². The number of hydrogen-bond acceptors (Lipinski definition) is 8. The highest BCUT2D eigenvalue weighted by atomic mass is 32.2. The highest BCUT2D eigenvalue weighted by Crippen LogP contribution is 2.55. The molecule has 166 valence electrons. The molecular formula is C21H31N3O4S2. The number of aliphatic carboxylic acids is 1. The maximum Gasteiger partial charge on any atom is 0.352 e. The molecule has 9 heteroatoms. The van der Waals surface area contributed by atoms with Crippen molar-refractivity contribution in [2.45, 2.75) is 56.2 Å². The van der Waals surface area contributed by atoms with Crippen LogP contribution in [-0.2, 0) is 4.79 Å². The molecule has 5 rings (SSSR count). The van der Waals surface area contributed by atoms with E-state index in [2.05, 4.69) is 9.89 Å². The molecule has 4 heterocycles. The van der Waals surface area contributed by atoms with Crippen molar-refractivity contribution in [1.82, 2.24) is 9.80 Å². The molecule has 1 aliphatic carbocycles. The van der Waals surface area contributed by atoms with Crippen LogP contribution in [0.3, 0.4) is 0 Å². The third-order valence-electron chi connectivity index (χ3n) is 7.47. The van der Waals surface area contributed by atoms with E-state index < -0.39 is 18.3 Å². The molecule has 2 saturated heterocycles. The van der Waals surface area contributed by atoms with Crippen LogP contribution in [0.15, 0.2) is 16.3 Å². The Balaban J connectivity index is 1.29. The van der Waals surface area contributed by atoms with Crippen molar-refractivity contribution in [2.75, 3.05) is 31.1 Å². The zero-order chi connectivity index (χ0) is 21.0. The standard InChI is InChI=1S/C21H31N3O4S2/c1-11(25)15-17-14-4-2-3-12(16(14)18(20(27)28)24(17)19(15)26)10-30-13-5-7-23(9-13)21-22-6-8-29-21/h11-15,17,19,25-26H,2-10H2,1H3,(H,27,28)/t11-,12+,13+,14+,15-,17-,19?/m1/s1. The Morgan fingerprint density at radius 1 is 1.37 bits per heavy atom. The maximum atomic E-state index is 12.2. The monoisotopic (exact) mass is 453 g/mol. The first-order valence-corrected chi connectivity index (χ1v) is 13.2. The minimum Gasteiger partial charge on any atom is -0.477 e. The predicted octanol–water partition coefficient (Wildman–Crippen LogP) is 1.66. The van der Waals surface area contributed by atoms with E-state index in [4.69, 9.17) is 0 Å². The molecule has 0 bridgehead atoms. The summed E-state index contributed by atoms with van der Waals surface area (Å²) in [6.07, 6.45) is 2.70. The summed E-state index contributed by atoms with van der Waals surface area (Å²) in [5, 5.41) is 32.5. The average molecular weight is 454 g/mol. The van der Waals surface area contributed by atoms with E-state index in [1.165, 1.54) is 5.17 Å². The van der Waals surface area contributed by atoms with Crippen LogP contribution in [-0.4, -0.2) is 91.0 Å². The fourth-order valence-electron chi connectivity index (χ4n) is 6.18. The molecule has 7 atom stereocenters. The largest absolute Gasteiger partial charge is 0.477 e. The number of carboxylic acids is 1. The second kappa shape index (κ2) is 8.22. The molecule has 30 heavy (non-hydrogen) atoms. The van der Waals surface area contributed by atoms with E-state index in [0.29, 0.717) is 10.9 Å². The molecule has 3 N–H and O–H groups in total. The van der Waals surface area contributed by atoms with E-state index in [-0.39, 0.29) is 23.8 Å². The Labute approximate surface area is 186 Å². The van der Waals surface area contributed by atoms with Crippen LogP contribution in [0.5, 0.6) is 0 Å². The van der Waals surface area contributed by atoms with Gasteiger partial charge >= 0.3 is 5.97 Å². The van der Waals surface area contributed by atoms with E-state index in [1.54, 1.807) is 11.8 Å². The van der Waals surface area contributed by atoms with E-state index in [1.807, 2.05) is 23.5 Å². The summed E-state index contributed by atoms with van der Waals surface area (Å²) in [6.45, 7) is 4.74. The molecule has 0 aromatic carbocycles. The fourth-order valence-corrected chi connectivity index (χ4v) is 8.49. The van der Waals surface area contributed by atoms with Gasteiger partial charge in [0.1, 0.15) is 11.9 Å². The summed E-state index contributed by atoms with van der Waals surface area (Å²) in [5.41, 5.74) is 1.36. The predicted molar refractivity (Wildman–Crippen MR) is 119 cm³/mol. The SMILES string of the molecule is C[C@@H](O)[C@H]1C(O)N2C(C(=O)O)=C3[C@H](CS[C@H]4CCN(C5=NCCS5)C4)CCC[C@@H]3[C@H]12. The first-order chi connectivity index (χ1) is 14.5. The Kier molecular flexibility index (Phi) is 5.75. The van der Waals surface area contributed by atoms with Gasteiger partial charge in [-0.25, -0.2) is 4.79 Å². The van der Waals surface area contributed by atoms with Gasteiger partial charge < -0.3 is 25.1 Å². The summed E-state index contributed by atoms with van der Waals surface area (Å²) >= 11 is 3.84. The first-order valence-electron chi connectivity index (χ1n) is 11.1. The van der Waals surface area contributed by atoms with Gasteiger partial charge in [0.15, 0.2) is 5.17 Å². The lowest BCUT2D eigenvalue weighted by Gasteiger charge is -2.54. The maximum absolute atomic E-state index is 12.2. The smallest absolute Gasteiger partial charge is 0.352 e. The number of fused-ring (bicyclic) bond motifs is 3. The van der Waals surface area contributed by atoms with Gasteiger partial charge in [-0.2, -0.15) is 11.8 Å². The zero-order valence-corrected chi connectivity index (χ0v) is 18.9. The van der Waals surface area contributed by atoms with Crippen molar-refractivity contribution < 1.29 is 20.1 Å². The molecule has 1 saturated carbocycles. The van der Waals surface area contributed by atoms with E-state index in [0.717, 1.165) is 62.4 Å². The van der Waals surface area contributed by atoms with Gasteiger partial charge in [-0.1, -0.05) is 18.2 Å². The van der Waals surface area contributed by atoms with E-state index in [9.17, 15) is 20.1 Å². The number of rotatable bonds is 5. The molecule has 4 aliphatic heterocycles. The molecular weight excluding hydrogens is 422 g/mol. The summed E-state index contributed by atoms with van der Waals surface area (Å²) in [6, 6.07) is -0.0618. The van der Waals surface area contributed by atoms with Gasteiger partial charge in [-0.3, -0.25) is 4.99 Å². The lowest BCUT2D eigenvalue weighted by atomic mass is 9.69. The molecule has 3 fully saturated rings. The van der Waals surface area contributed by atoms with Gasteiger partial charge in [0.05, 0.1) is 18.6 Å². The van der Waals surface area contributed by atoms with Gasteiger partial charge in [-0.15, -0.1) is 0 Å². The van der Waals surface area contributed by atoms with Gasteiger partial charge in [-0.05, 0) is 37.7 Å². The number of carboxylic acid groups (broad SMARTS) is 1. The van der Waals surface area contributed by atoms with Crippen LogP contribution in [0.25, 0.3) is 0 Å². The number of hydrogen-bond donors (Lipinski definition) is 3. The Hall–Kier alpha value is -0.900. The van der Waals surface area contributed by atoms with Crippen LogP contribution in [0.2, 0.25) is 0 Å². The second-order valence-electron chi connectivity index (χ2n) is 9.18. The molecule has 0 aromatic heterocycles. The van der Waals surface area contributed by atoms with Gasteiger partial charge in [0, 0.05) is 41.8 Å². The molecule has 0 radical (unpaired) electrons. The Morgan fingerprint density at radius 3 is 2.90 bits per heavy atom.